The highest BCUT2D eigenvalue weighted by Crippen LogP contribution is 2.31. The highest BCUT2D eigenvalue weighted by atomic mass is 16.5. The topological polar surface area (TPSA) is 75.6 Å². The van der Waals surface area contributed by atoms with E-state index in [9.17, 15) is 14.7 Å². The fourth-order valence-electron chi connectivity index (χ4n) is 2.95. The van der Waals surface area contributed by atoms with Crippen LogP contribution in [0.4, 0.5) is 0 Å². The van der Waals surface area contributed by atoms with Gasteiger partial charge in [-0.3, -0.25) is 4.79 Å². The second-order valence-corrected chi connectivity index (χ2v) is 5.76. The molecule has 1 atom stereocenters. The van der Waals surface area contributed by atoms with E-state index < -0.39 is 5.97 Å². The van der Waals surface area contributed by atoms with E-state index in [0.29, 0.717) is 18.6 Å². The molecule has 5 heteroatoms. The van der Waals surface area contributed by atoms with Crippen LogP contribution < -0.4 is 10.1 Å². The van der Waals surface area contributed by atoms with Crippen LogP contribution in [-0.2, 0) is 11.2 Å². The number of carbonyl (C=O) groups is 2. The minimum atomic E-state index is -0.968. The van der Waals surface area contributed by atoms with Crippen molar-refractivity contribution in [2.45, 2.75) is 25.3 Å². The fourth-order valence-corrected chi connectivity index (χ4v) is 2.95. The van der Waals surface area contributed by atoms with Crippen molar-refractivity contribution in [3.8, 4) is 5.75 Å². The molecule has 3 rings (SSSR count). The summed E-state index contributed by atoms with van der Waals surface area (Å²) in [6.07, 6.45) is 1.39. The summed E-state index contributed by atoms with van der Waals surface area (Å²) >= 11 is 0. The van der Waals surface area contributed by atoms with Crippen LogP contribution >= 0.6 is 0 Å². The molecule has 24 heavy (non-hydrogen) atoms. The van der Waals surface area contributed by atoms with Crippen LogP contribution in [0.15, 0.2) is 48.5 Å². The van der Waals surface area contributed by atoms with Gasteiger partial charge in [-0.15, -0.1) is 0 Å². The number of aromatic carboxylic acids is 1. The Hall–Kier alpha value is -2.82. The molecule has 0 spiro atoms. The van der Waals surface area contributed by atoms with Crippen molar-refractivity contribution in [1.82, 2.24) is 5.32 Å². The lowest BCUT2D eigenvalue weighted by atomic mass is 9.99. The molecule has 2 aromatic rings. The average molecular weight is 325 g/mol. The van der Waals surface area contributed by atoms with Crippen molar-refractivity contribution in [3.63, 3.8) is 0 Å². The molecule has 0 saturated heterocycles. The summed E-state index contributed by atoms with van der Waals surface area (Å²) in [5.41, 5.74) is 1.91. The summed E-state index contributed by atoms with van der Waals surface area (Å²) in [4.78, 5) is 23.5. The highest BCUT2D eigenvalue weighted by Gasteiger charge is 2.22. The third-order valence-corrected chi connectivity index (χ3v) is 4.16. The predicted molar refractivity (Wildman–Crippen MR) is 89.2 cm³/mol. The van der Waals surface area contributed by atoms with Gasteiger partial charge in [0.25, 0.3) is 0 Å². The number of amides is 1. The van der Waals surface area contributed by atoms with E-state index in [-0.39, 0.29) is 23.9 Å². The van der Waals surface area contributed by atoms with Gasteiger partial charge in [-0.25, -0.2) is 4.79 Å². The molecule has 1 unspecified atom stereocenters. The lowest BCUT2D eigenvalue weighted by Crippen LogP contribution is -2.32. The van der Waals surface area contributed by atoms with Crippen LogP contribution in [0.1, 0.15) is 40.4 Å². The van der Waals surface area contributed by atoms with Gasteiger partial charge >= 0.3 is 5.97 Å². The zero-order valence-corrected chi connectivity index (χ0v) is 13.2. The Morgan fingerprint density at radius 1 is 1.12 bits per heavy atom. The van der Waals surface area contributed by atoms with Crippen LogP contribution in [0.25, 0.3) is 0 Å². The highest BCUT2D eigenvalue weighted by molar-refractivity contribution is 5.89. The van der Waals surface area contributed by atoms with Crippen molar-refractivity contribution in [1.29, 1.82) is 0 Å². The van der Waals surface area contributed by atoms with Crippen molar-refractivity contribution in [3.05, 3.63) is 65.2 Å². The minimum absolute atomic E-state index is 0.0582. The van der Waals surface area contributed by atoms with Crippen LogP contribution in [-0.4, -0.2) is 23.6 Å². The summed E-state index contributed by atoms with van der Waals surface area (Å²) in [5, 5.41) is 12.2. The zero-order chi connectivity index (χ0) is 16.9. The standard InChI is InChI=1S/C19H19NO4/c21-18(10-9-13-5-1-2-6-14(13)19(22)23)20-16-11-12-24-17-8-4-3-7-15(16)17/h1-8,16H,9-12H2,(H,20,21)(H,22,23). The molecule has 1 amide bonds. The van der Waals surface area contributed by atoms with Gasteiger partial charge in [0.05, 0.1) is 18.2 Å². The van der Waals surface area contributed by atoms with Crippen LogP contribution in [0.2, 0.25) is 0 Å². The van der Waals surface area contributed by atoms with Crippen LogP contribution in [0, 0.1) is 0 Å². The summed E-state index contributed by atoms with van der Waals surface area (Å²) < 4.78 is 5.59. The first-order valence-corrected chi connectivity index (χ1v) is 7.97. The number of carboxylic acids is 1. The predicted octanol–water partition coefficient (Wildman–Crippen LogP) is 2.96. The molecule has 0 radical (unpaired) electrons. The molecular formula is C19H19NO4. The average Bonchev–Trinajstić information content (AvgIpc) is 2.60. The molecule has 1 aliphatic rings. The van der Waals surface area contributed by atoms with E-state index >= 15 is 0 Å². The first-order chi connectivity index (χ1) is 11.6. The number of fused-ring (bicyclic) bond motifs is 1. The van der Waals surface area contributed by atoms with Crippen LogP contribution in [0.5, 0.6) is 5.75 Å². The molecule has 0 aliphatic carbocycles. The number of benzene rings is 2. The van der Waals surface area contributed by atoms with Gasteiger partial charge in [-0.05, 0) is 24.1 Å². The second kappa shape index (κ2) is 7.17. The number of carboxylic acid groups (broad SMARTS) is 1. The Labute approximate surface area is 140 Å². The molecule has 1 aliphatic heterocycles. The first-order valence-electron chi connectivity index (χ1n) is 7.97. The summed E-state index contributed by atoms with van der Waals surface area (Å²) in [5.74, 6) is -0.244. The molecule has 0 saturated carbocycles. The fraction of sp³-hybridized carbons (Fsp3) is 0.263. The number of ether oxygens (including phenoxy) is 1. The number of nitrogens with one attached hydrogen (secondary N) is 1. The largest absolute Gasteiger partial charge is 0.493 e. The smallest absolute Gasteiger partial charge is 0.335 e. The Bertz CT molecular complexity index is 757. The zero-order valence-electron chi connectivity index (χ0n) is 13.2. The lowest BCUT2D eigenvalue weighted by molar-refractivity contribution is -0.122. The summed E-state index contributed by atoms with van der Waals surface area (Å²) in [7, 11) is 0. The van der Waals surface area contributed by atoms with Gasteiger partial charge in [0, 0.05) is 18.4 Å². The van der Waals surface area contributed by atoms with E-state index in [0.717, 1.165) is 17.7 Å². The van der Waals surface area contributed by atoms with Crippen LogP contribution in [0.3, 0.4) is 0 Å². The molecular weight excluding hydrogens is 306 g/mol. The normalized spacial score (nSPS) is 15.9. The molecule has 0 fully saturated rings. The van der Waals surface area contributed by atoms with Gasteiger partial charge in [0.2, 0.25) is 5.91 Å². The first kappa shape index (κ1) is 16.1. The van der Waals surface area contributed by atoms with E-state index in [1.54, 1.807) is 24.3 Å². The molecule has 0 bridgehead atoms. The van der Waals surface area contributed by atoms with Gasteiger partial charge in [-0.1, -0.05) is 36.4 Å². The van der Waals surface area contributed by atoms with Gasteiger partial charge in [0.15, 0.2) is 0 Å². The monoisotopic (exact) mass is 325 g/mol. The minimum Gasteiger partial charge on any atom is -0.493 e. The molecule has 124 valence electrons. The second-order valence-electron chi connectivity index (χ2n) is 5.76. The number of hydrogen-bond acceptors (Lipinski definition) is 3. The number of para-hydroxylation sites is 1. The van der Waals surface area contributed by atoms with Gasteiger partial charge in [-0.2, -0.15) is 0 Å². The maximum Gasteiger partial charge on any atom is 0.335 e. The lowest BCUT2D eigenvalue weighted by Gasteiger charge is -2.26. The molecule has 2 N–H and O–H groups in total. The van der Waals surface area contributed by atoms with E-state index in [4.69, 9.17) is 4.74 Å². The van der Waals surface area contributed by atoms with Crippen molar-refractivity contribution >= 4 is 11.9 Å². The Morgan fingerprint density at radius 2 is 1.88 bits per heavy atom. The third kappa shape index (κ3) is 3.56. The Balaban J connectivity index is 1.62. The molecule has 5 nitrogen and oxygen atoms in total. The maximum absolute atomic E-state index is 12.3. The Kier molecular flexibility index (Phi) is 4.79. The number of aryl methyl sites for hydroxylation is 1. The SMILES string of the molecule is O=C(CCc1ccccc1C(=O)O)NC1CCOc2ccccc21. The molecule has 1 heterocycles. The quantitative estimate of drug-likeness (QED) is 0.886. The van der Waals surface area contributed by atoms with E-state index in [1.165, 1.54) is 0 Å². The number of rotatable bonds is 5. The maximum atomic E-state index is 12.3. The number of carbonyl (C=O) groups excluding carboxylic acids is 1. The Morgan fingerprint density at radius 3 is 2.71 bits per heavy atom. The summed E-state index contributed by atoms with van der Waals surface area (Å²) in [6.45, 7) is 0.573. The van der Waals surface area contributed by atoms with Gasteiger partial charge < -0.3 is 15.2 Å². The van der Waals surface area contributed by atoms with Gasteiger partial charge in [0.1, 0.15) is 5.75 Å². The number of hydrogen-bond donors (Lipinski definition) is 2. The summed E-state index contributed by atoms with van der Waals surface area (Å²) in [6, 6.07) is 14.4. The van der Waals surface area contributed by atoms with E-state index in [2.05, 4.69) is 5.32 Å². The van der Waals surface area contributed by atoms with Crippen molar-refractivity contribution in [2.24, 2.45) is 0 Å². The third-order valence-electron chi connectivity index (χ3n) is 4.16. The van der Waals surface area contributed by atoms with Crippen molar-refractivity contribution in [2.75, 3.05) is 6.61 Å². The molecule has 0 aromatic heterocycles. The van der Waals surface area contributed by atoms with Crippen molar-refractivity contribution < 1.29 is 19.4 Å². The van der Waals surface area contributed by atoms with E-state index in [1.807, 2.05) is 24.3 Å². The molecule has 2 aromatic carbocycles.